The first-order chi connectivity index (χ1) is 5.25. The van der Waals surface area contributed by atoms with Crippen molar-refractivity contribution in [2.75, 3.05) is 0 Å². The van der Waals surface area contributed by atoms with Crippen molar-refractivity contribution < 1.29 is 8.76 Å². The Kier molecular flexibility index (Phi) is 5.70. The summed E-state index contributed by atoms with van der Waals surface area (Å²) in [6.45, 7) is 3.53. The monoisotopic (exact) mass is 191 g/mol. The van der Waals surface area contributed by atoms with Gasteiger partial charge < -0.3 is 4.55 Å². The van der Waals surface area contributed by atoms with E-state index in [1.165, 1.54) is 0 Å². The van der Waals surface area contributed by atoms with Gasteiger partial charge in [-0.3, -0.25) is 0 Å². The van der Waals surface area contributed by atoms with Crippen molar-refractivity contribution in [3.05, 3.63) is 36.4 Å². The summed E-state index contributed by atoms with van der Waals surface area (Å²) in [5.74, 6) is 0. The molecule has 1 rings (SSSR count). The molecule has 0 amide bonds. The average Bonchev–Trinajstić information content (AvgIpc) is 2.04. The molecule has 59 valence electrons. The van der Waals surface area contributed by atoms with Gasteiger partial charge in [-0.2, -0.15) is 0 Å². The molecule has 0 spiro atoms. The normalized spacial score (nSPS) is 11.4. The summed E-state index contributed by atoms with van der Waals surface area (Å²) < 4.78 is 19.4. The molecule has 1 atom stereocenters. The van der Waals surface area contributed by atoms with Crippen molar-refractivity contribution in [1.29, 1.82) is 0 Å². The zero-order valence-corrected chi connectivity index (χ0v) is 9.67. The van der Waals surface area contributed by atoms with Crippen LogP contribution in [0.25, 0.3) is 6.08 Å². The second-order valence-corrected chi connectivity index (χ2v) is 2.93. The van der Waals surface area contributed by atoms with Gasteiger partial charge in [-0.25, -0.2) is 4.21 Å². The fraction of sp³-hybridized carbons (Fsp3) is 0. The molecule has 2 nitrogen and oxygen atoms in total. The summed E-state index contributed by atoms with van der Waals surface area (Å²) in [4.78, 5) is 0.405. The molecule has 12 heavy (non-hydrogen) atoms. The van der Waals surface area contributed by atoms with E-state index in [1.807, 2.05) is 0 Å². The smallest absolute Gasteiger partial charge is 0.187 e. The summed E-state index contributed by atoms with van der Waals surface area (Å²) in [5.41, 5.74) is 0.702. The Morgan fingerprint density at radius 3 is 2.42 bits per heavy atom. The van der Waals surface area contributed by atoms with Gasteiger partial charge in [-0.15, -0.1) is 0 Å². The maximum absolute atomic E-state index is 10.6. The fourth-order valence-electron chi connectivity index (χ4n) is 0.808. The van der Waals surface area contributed by atoms with Crippen molar-refractivity contribution >= 4 is 46.7 Å². The van der Waals surface area contributed by atoms with Gasteiger partial charge in [0.2, 0.25) is 0 Å². The van der Waals surface area contributed by atoms with E-state index in [4.69, 9.17) is 4.55 Å². The predicted molar refractivity (Wildman–Crippen MR) is 51.3 cm³/mol. The molecule has 0 aliphatic carbocycles. The van der Waals surface area contributed by atoms with E-state index in [9.17, 15) is 4.21 Å². The van der Waals surface area contributed by atoms with Crippen molar-refractivity contribution in [1.82, 2.24) is 0 Å². The third-order valence-electron chi connectivity index (χ3n) is 1.33. The first kappa shape index (κ1) is 12.1. The molecule has 0 heterocycles. The molecule has 0 aromatic heterocycles. The Balaban J connectivity index is 0.00000121. The van der Waals surface area contributed by atoms with Gasteiger partial charge >= 0.3 is 0 Å². The molecular weight excluding hydrogens is 183 g/mol. The van der Waals surface area contributed by atoms with Gasteiger partial charge in [0, 0.05) is 29.6 Å². The second kappa shape index (κ2) is 5.67. The van der Waals surface area contributed by atoms with Crippen molar-refractivity contribution in [2.24, 2.45) is 0 Å². The van der Waals surface area contributed by atoms with Crippen LogP contribution in [-0.2, 0) is 11.1 Å². The van der Waals surface area contributed by atoms with Gasteiger partial charge in [0.15, 0.2) is 11.1 Å². The Morgan fingerprint density at radius 2 is 2.00 bits per heavy atom. The summed E-state index contributed by atoms with van der Waals surface area (Å²) in [6, 6.07) is 6.87. The maximum atomic E-state index is 10.6. The molecule has 0 fully saturated rings. The van der Waals surface area contributed by atoms with Crippen molar-refractivity contribution in [3.8, 4) is 0 Å². The molecule has 4 heteroatoms. The molecule has 1 radical (unpaired) electrons. The van der Waals surface area contributed by atoms with Gasteiger partial charge in [0.05, 0.1) is 4.90 Å². The Hall–Kier alpha value is 0.0700. The van der Waals surface area contributed by atoms with Crippen LogP contribution in [0.4, 0.5) is 0 Å². The zero-order chi connectivity index (χ0) is 8.27. The van der Waals surface area contributed by atoms with E-state index in [-0.39, 0.29) is 29.6 Å². The Morgan fingerprint density at radius 1 is 1.42 bits per heavy atom. The SMILES string of the molecule is C=Cc1ccccc1S(=O)O.[Na]. The van der Waals surface area contributed by atoms with E-state index in [1.54, 1.807) is 30.3 Å². The van der Waals surface area contributed by atoms with E-state index < -0.39 is 11.1 Å². The van der Waals surface area contributed by atoms with Crippen LogP contribution in [0.3, 0.4) is 0 Å². The molecule has 0 aliphatic rings. The van der Waals surface area contributed by atoms with Crippen LogP contribution in [0, 0.1) is 0 Å². The first-order valence-electron chi connectivity index (χ1n) is 3.08. The molecule has 1 N–H and O–H groups in total. The Labute approximate surface area is 96.3 Å². The molecular formula is C8H8NaO2S. The van der Waals surface area contributed by atoms with Crippen LogP contribution >= 0.6 is 0 Å². The number of rotatable bonds is 2. The number of benzene rings is 1. The van der Waals surface area contributed by atoms with Gasteiger partial charge in [0.1, 0.15) is 0 Å². The number of hydrogen-bond donors (Lipinski definition) is 1. The maximum Gasteiger partial charge on any atom is 0.187 e. The van der Waals surface area contributed by atoms with Crippen molar-refractivity contribution in [2.45, 2.75) is 4.90 Å². The average molecular weight is 191 g/mol. The van der Waals surface area contributed by atoms with Crippen LogP contribution in [0.15, 0.2) is 35.7 Å². The van der Waals surface area contributed by atoms with E-state index in [2.05, 4.69) is 6.58 Å². The minimum Gasteiger partial charge on any atom is -0.302 e. The molecule has 0 saturated carbocycles. The molecule has 1 aromatic carbocycles. The summed E-state index contributed by atoms with van der Waals surface area (Å²) in [7, 11) is 0. The Bertz CT molecular complexity index is 299. The third-order valence-corrected chi connectivity index (χ3v) is 2.08. The standard InChI is InChI=1S/C8H8O2S.Na/c1-2-7-5-3-4-6-8(7)11(9)10;/h2-6H,1H2,(H,9,10);. The van der Waals surface area contributed by atoms with E-state index in [0.717, 1.165) is 0 Å². The molecule has 0 aliphatic heterocycles. The quantitative estimate of drug-likeness (QED) is 0.568. The van der Waals surface area contributed by atoms with Crippen LogP contribution in [-0.4, -0.2) is 38.3 Å². The predicted octanol–water partition coefficient (Wildman–Crippen LogP) is 1.53. The van der Waals surface area contributed by atoms with Crippen LogP contribution in [0.1, 0.15) is 5.56 Å². The minimum atomic E-state index is -1.91. The molecule has 0 bridgehead atoms. The van der Waals surface area contributed by atoms with E-state index in [0.29, 0.717) is 10.5 Å². The molecule has 1 aromatic rings. The molecule has 1 unspecified atom stereocenters. The van der Waals surface area contributed by atoms with Crippen LogP contribution in [0.5, 0.6) is 0 Å². The first-order valence-corrected chi connectivity index (χ1v) is 4.18. The topological polar surface area (TPSA) is 37.3 Å². The summed E-state index contributed by atoms with van der Waals surface area (Å²) in [6.07, 6.45) is 1.56. The minimum absolute atomic E-state index is 0. The summed E-state index contributed by atoms with van der Waals surface area (Å²) in [5, 5.41) is 0. The van der Waals surface area contributed by atoms with Crippen LogP contribution < -0.4 is 0 Å². The second-order valence-electron chi connectivity index (χ2n) is 1.99. The molecule has 0 saturated heterocycles. The van der Waals surface area contributed by atoms with Gasteiger partial charge in [0.25, 0.3) is 0 Å². The van der Waals surface area contributed by atoms with E-state index >= 15 is 0 Å². The summed E-state index contributed by atoms with van der Waals surface area (Å²) >= 11 is -1.91. The van der Waals surface area contributed by atoms with Crippen molar-refractivity contribution in [3.63, 3.8) is 0 Å². The fourth-order valence-corrected chi connectivity index (χ4v) is 1.36. The van der Waals surface area contributed by atoms with Crippen LogP contribution in [0.2, 0.25) is 0 Å². The zero-order valence-electron chi connectivity index (χ0n) is 6.86. The third kappa shape index (κ3) is 2.84. The van der Waals surface area contributed by atoms with Gasteiger partial charge in [-0.05, 0) is 11.6 Å². The number of hydrogen-bond acceptors (Lipinski definition) is 1. The van der Waals surface area contributed by atoms with Gasteiger partial charge in [-0.1, -0.05) is 30.9 Å². The largest absolute Gasteiger partial charge is 0.302 e.